The minimum absolute atomic E-state index is 0.0849. The topological polar surface area (TPSA) is 63.7 Å². The van der Waals surface area contributed by atoms with Gasteiger partial charge in [0.2, 0.25) is 5.91 Å². The molecule has 6 heteroatoms. The second kappa shape index (κ2) is 11.1. The number of benzene rings is 2. The van der Waals surface area contributed by atoms with Gasteiger partial charge in [-0.2, -0.15) is 0 Å². The van der Waals surface area contributed by atoms with Gasteiger partial charge in [-0.3, -0.25) is 14.7 Å². The molecule has 0 fully saturated rings. The van der Waals surface area contributed by atoms with Crippen LogP contribution in [-0.2, 0) is 11.4 Å². The summed E-state index contributed by atoms with van der Waals surface area (Å²) in [4.78, 5) is 19.5. The normalized spacial score (nSPS) is 11.7. The van der Waals surface area contributed by atoms with Gasteiger partial charge in [-0.25, -0.2) is 0 Å². The highest BCUT2D eigenvalue weighted by molar-refractivity contribution is 5.95. The molecule has 1 atom stereocenters. The molecular weight excluding hydrogens is 390 g/mol. The zero-order valence-corrected chi connectivity index (χ0v) is 18.2. The van der Waals surface area contributed by atoms with E-state index in [9.17, 15) is 4.79 Å². The first-order chi connectivity index (χ1) is 15.2. The maximum atomic E-state index is 13.3. The quantitative estimate of drug-likeness (QED) is 0.516. The molecule has 31 heavy (non-hydrogen) atoms. The number of methoxy groups -OCH3 is 1. The van der Waals surface area contributed by atoms with E-state index in [2.05, 4.69) is 29.0 Å². The number of nitrogens with zero attached hydrogens (tertiary/aromatic N) is 2. The molecular formula is C25H29N3O3. The molecule has 6 nitrogen and oxygen atoms in total. The first-order valence-corrected chi connectivity index (χ1v) is 10.5. The van der Waals surface area contributed by atoms with Crippen molar-refractivity contribution >= 4 is 11.6 Å². The number of nitrogens with one attached hydrogen (secondary N) is 1. The highest BCUT2D eigenvalue weighted by Crippen LogP contribution is 2.32. The molecule has 0 aliphatic carbocycles. The zero-order chi connectivity index (χ0) is 22.1. The van der Waals surface area contributed by atoms with Gasteiger partial charge in [0.1, 0.15) is 12.6 Å². The van der Waals surface area contributed by atoms with Gasteiger partial charge < -0.3 is 14.8 Å². The van der Waals surface area contributed by atoms with Crippen molar-refractivity contribution in [1.82, 2.24) is 9.88 Å². The van der Waals surface area contributed by atoms with Crippen LogP contribution in [0, 0.1) is 0 Å². The minimum atomic E-state index is -0.377. The number of pyridine rings is 1. The molecule has 0 aliphatic heterocycles. The fourth-order valence-electron chi connectivity index (χ4n) is 3.47. The van der Waals surface area contributed by atoms with Crippen molar-refractivity contribution in [2.24, 2.45) is 0 Å². The summed E-state index contributed by atoms with van der Waals surface area (Å²) in [6.45, 7) is 6.01. The van der Waals surface area contributed by atoms with Crippen molar-refractivity contribution in [3.8, 4) is 11.5 Å². The first kappa shape index (κ1) is 22.3. The molecule has 1 N–H and O–H groups in total. The number of ether oxygens (including phenoxy) is 2. The average molecular weight is 420 g/mol. The number of hydrogen-bond acceptors (Lipinski definition) is 5. The summed E-state index contributed by atoms with van der Waals surface area (Å²) in [5, 5.41) is 3.05. The lowest BCUT2D eigenvalue weighted by Gasteiger charge is -2.29. The molecule has 1 amide bonds. The maximum absolute atomic E-state index is 13.3. The Kier molecular flexibility index (Phi) is 8.01. The Labute approximate surface area is 183 Å². The predicted molar refractivity (Wildman–Crippen MR) is 122 cm³/mol. The number of carbonyl (C=O) groups is 1. The molecule has 0 saturated carbocycles. The summed E-state index contributed by atoms with van der Waals surface area (Å²) < 4.78 is 11.4. The van der Waals surface area contributed by atoms with Crippen molar-refractivity contribution in [2.45, 2.75) is 26.5 Å². The van der Waals surface area contributed by atoms with Crippen LogP contribution in [0.25, 0.3) is 0 Å². The monoisotopic (exact) mass is 419 g/mol. The Bertz CT molecular complexity index is 960. The Morgan fingerprint density at radius 1 is 1.03 bits per heavy atom. The van der Waals surface area contributed by atoms with Crippen molar-refractivity contribution in [3.63, 3.8) is 0 Å². The summed E-state index contributed by atoms with van der Waals surface area (Å²) >= 11 is 0. The van der Waals surface area contributed by atoms with Crippen LogP contribution in [-0.4, -0.2) is 36.0 Å². The largest absolute Gasteiger partial charge is 0.493 e. The van der Waals surface area contributed by atoms with Gasteiger partial charge in [-0.05, 0) is 36.9 Å². The third-order valence-corrected chi connectivity index (χ3v) is 5.09. The molecule has 3 aromatic rings. The van der Waals surface area contributed by atoms with Gasteiger partial charge >= 0.3 is 0 Å². The van der Waals surface area contributed by atoms with Crippen LogP contribution >= 0.6 is 0 Å². The van der Waals surface area contributed by atoms with Crippen molar-refractivity contribution in [2.75, 3.05) is 25.5 Å². The molecule has 0 spiro atoms. The Balaban J connectivity index is 1.80. The number of likely N-dealkylation sites (N-methyl/N-ethyl adjacent to an activating group) is 1. The van der Waals surface area contributed by atoms with Crippen LogP contribution in [0.4, 0.5) is 5.69 Å². The van der Waals surface area contributed by atoms with E-state index < -0.39 is 0 Å². The van der Waals surface area contributed by atoms with E-state index in [1.807, 2.05) is 48.5 Å². The highest BCUT2D eigenvalue weighted by Gasteiger charge is 2.26. The Morgan fingerprint density at radius 2 is 1.81 bits per heavy atom. The van der Waals surface area contributed by atoms with Crippen LogP contribution in [0.1, 0.15) is 31.0 Å². The van der Waals surface area contributed by atoms with E-state index in [4.69, 9.17) is 9.47 Å². The van der Waals surface area contributed by atoms with Gasteiger partial charge in [0.25, 0.3) is 0 Å². The summed E-state index contributed by atoms with van der Waals surface area (Å²) in [5.74, 6) is 1.08. The fourth-order valence-corrected chi connectivity index (χ4v) is 3.47. The number of carbonyl (C=O) groups excluding carboxylic acids is 1. The number of rotatable bonds is 10. The average Bonchev–Trinajstić information content (AvgIpc) is 2.82. The van der Waals surface area contributed by atoms with Gasteiger partial charge in [-0.15, -0.1) is 0 Å². The molecule has 1 unspecified atom stereocenters. The minimum Gasteiger partial charge on any atom is -0.493 e. The molecule has 162 valence electrons. The summed E-state index contributed by atoms with van der Waals surface area (Å²) in [7, 11) is 1.59. The second-order valence-corrected chi connectivity index (χ2v) is 7.04. The van der Waals surface area contributed by atoms with Gasteiger partial charge in [-0.1, -0.05) is 50.2 Å². The summed E-state index contributed by atoms with van der Waals surface area (Å²) in [6, 6.07) is 18.7. The first-order valence-electron chi connectivity index (χ1n) is 10.5. The fraction of sp³-hybridized carbons (Fsp3) is 0.280. The van der Waals surface area contributed by atoms with Crippen molar-refractivity contribution < 1.29 is 14.3 Å². The van der Waals surface area contributed by atoms with Crippen LogP contribution in [0.5, 0.6) is 11.5 Å². The van der Waals surface area contributed by atoms with Crippen LogP contribution in [0.3, 0.4) is 0 Å². The molecule has 2 aromatic carbocycles. The van der Waals surface area contributed by atoms with Gasteiger partial charge in [0.15, 0.2) is 11.5 Å². The van der Waals surface area contributed by atoms with Crippen molar-refractivity contribution in [1.29, 1.82) is 0 Å². The molecule has 0 radical (unpaired) electrons. The third kappa shape index (κ3) is 5.83. The lowest BCUT2D eigenvalue weighted by molar-refractivity contribution is -0.121. The zero-order valence-electron chi connectivity index (χ0n) is 18.2. The Morgan fingerprint density at radius 3 is 2.45 bits per heavy atom. The van der Waals surface area contributed by atoms with E-state index in [1.54, 1.807) is 31.6 Å². The predicted octanol–water partition coefficient (Wildman–Crippen LogP) is 4.69. The van der Waals surface area contributed by atoms with Crippen LogP contribution in [0.15, 0.2) is 73.1 Å². The number of aromatic nitrogens is 1. The molecule has 1 aromatic heterocycles. The highest BCUT2D eigenvalue weighted by atomic mass is 16.5. The molecule has 0 bridgehead atoms. The van der Waals surface area contributed by atoms with E-state index in [0.717, 1.165) is 24.2 Å². The summed E-state index contributed by atoms with van der Waals surface area (Å²) in [6.07, 6.45) is 3.48. The van der Waals surface area contributed by atoms with E-state index in [-0.39, 0.29) is 11.9 Å². The van der Waals surface area contributed by atoms with Gasteiger partial charge in [0.05, 0.1) is 7.11 Å². The maximum Gasteiger partial charge on any atom is 0.246 e. The van der Waals surface area contributed by atoms with E-state index in [1.165, 1.54) is 0 Å². The van der Waals surface area contributed by atoms with E-state index in [0.29, 0.717) is 23.8 Å². The third-order valence-electron chi connectivity index (χ3n) is 5.09. The van der Waals surface area contributed by atoms with Crippen molar-refractivity contribution in [3.05, 3.63) is 84.2 Å². The van der Waals surface area contributed by atoms with Gasteiger partial charge in [0, 0.05) is 29.7 Å². The lowest BCUT2D eigenvalue weighted by Crippen LogP contribution is -2.37. The Hall–Kier alpha value is -3.38. The molecule has 0 saturated heterocycles. The molecule has 3 rings (SSSR count). The second-order valence-electron chi connectivity index (χ2n) is 7.04. The number of anilines is 1. The lowest BCUT2D eigenvalue weighted by atomic mass is 10.0. The number of amides is 1. The molecule has 1 heterocycles. The van der Waals surface area contributed by atoms with E-state index >= 15 is 0 Å². The SMILES string of the molecule is CCN(CC)C(C(=O)Nc1ccc(OC)c(OCc2cccnc2)c1)c1ccccc1. The smallest absolute Gasteiger partial charge is 0.246 e. The molecule has 0 aliphatic rings. The van der Waals surface area contributed by atoms with Crippen LogP contribution < -0.4 is 14.8 Å². The number of hydrogen-bond donors (Lipinski definition) is 1. The summed E-state index contributed by atoms with van der Waals surface area (Å²) in [5.41, 5.74) is 2.56. The standard InChI is InChI=1S/C25H29N3O3/c1-4-28(5-2)24(20-11-7-6-8-12-20)25(29)27-21-13-14-22(30-3)23(16-21)31-18-19-10-9-15-26-17-19/h6-17,24H,4-5,18H2,1-3H3,(H,27,29). The van der Waals surface area contributed by atoms with Crippen LogP contribution in [0.2, 0.25) is 0 Å².